The largest absolute Gasteiger partial charge is 0.465 e. The number of ether oxygens (including phenoxy) is 1. The van der Waals surface area contributed by atoms with Crippen molar-refractivity contribution < 1.29 is 9.53 Å². The number of rotatable bonds is 8. The van der Waals surface area contributed by atoms with Crippen LogP contribution >= 0.6 is 0 Å². The second-order valence-electron chi connectivity index (χ2n) is 9.43. The number of aromatic amines is 1. The van der Waals surface area contributed by atoms with Gasteiger partial charge in [0, 0.05) is 23.9 Å². The zero-order valence-corrected chi connectivity index (χ0v) is 20.6. The Balaban J connectivity index is 1.45. The molecule has 4 aromatic rings. The highest BCUT2D eigenvalue weighted by Gasteiger charge is 2.16. The standard InChI is InChI=1S/C28H33N5O2/c1-19-7-9-20(10-8-19)17-24-31-26(29-13-6-16-33-14-4-3-5-15-33)25-22-12-11-21(28(34)35-2)18-23(22)30-27(25)32-24/h7-12,18H,3-6,13-17H2,1-2H3,(H2,29,30,31,32). The Labute approximate surface area is 205 Å². The molecule has 7 heteroatoms. The maximum Gasteiger partial charge on any atom is 0.337 e. The van der Waals surface area contributed by atoms with Crippen molar-refractivity contribution in [1.82, 2.24) is 19.9 Å². The summed E-state index contributed by atoms with van der Waals surface area (Å²) in [5.74, 6) is 1.25. The molecule has 5 rings (SSSR count). The smallest absolute Gasteiger partial charge is 0.337 e. The van der Waals surface area contributed by atoms with Crippen LogP contribution < -0.4 is 5.32 Å². The summed E-state index contributed by atoms with van der Waals surface area (Å²) in [6.07, 6.45) is 5.70. The van der Waals surface area contributed by atoms with Gasteiger partial charge in [0.15, 0.2) is 0 Å². The van der Waals surface area contributed by atoms with E-state index in [1.165, 1.54) is 50.6 Å². The Morgan fingerprint density at radius 3 is 2.66 bits per heavy atom. The van der Waals surface area contributed by atoms with Crippen molar-refractivity contribution in [1.29, 1.82) is 0 Å². The molecule has 2 aromatic heterocycles. The van der Waals surface area contributed by atoms with E-state index in [1.54, 1.807) is 6.07 Å². The first-order chi connectivity index (χ1) is 17.1. The number of nitrogens with zero attached hydrogens (tertiary/aromatic N) is 3. The van der Waals surface area contributed by atoms with Crippen LogP contribution in [0.25, 0.3) is 21.9 Å². The number of aryl methyl sites for hydroxylation is 1. The zero-order chi connectivity index (χ0) is 24.2. The Hall–Kier alpha value is -3.45. The van der Waals surface area contributed by atoms with Gasteiger partial charge in [0.1, 0.15) is 17.3 Å². The first-order valence-electron chi connectivity index (χ1n) is 12.5. The topological polar surface area (TPSA) is 83.1 Å². The highest BCUT2D eigenvalue weighted by atomic mass is 16.5. The second-order valence-corrected chi connectivity index (χ2v) is 9.43. The normalized spacial score (nSPS) is 14.5. The van der Waals surface area contributed by atoms with E-state index >= 15 is 0 Å². The van der Waals surface area contributed by atoms with Gasteiger partial charge < -0.3 is 19.9 Å². The third kappa shape index (κ3) is 5.30. The maximum atomic E-state index is 12.0. The molecule has 0 spiro atoms. The molecule has 0 unspecified atom stereocenters. The van der Waals surface area contributed by atoms with Gasteiger partial charge in [-0.15, -0.1) is 0 Å². The fraction of sp³-hybridized carbons (Fsp3) is 0.393. The SMILES string of the molecule is COC(=O)c1ccc2c(c1)[nH]c1nc(Cc3ccc(C)cc3)nc(NCCCN3CCCCC3)c12. The molecule has 1 saturated heterocycles. The van der Waals surface area contributed by atoms with E-state index in [-0.39, 0.29) is 5.97 Å². The summed E-state index contributed by atoms with van der Waals surface area (Å²) in [4.78, 5) is 27.8. The number of anilines is 1. The third-order valence-corrected chi connectivity index (χ3v) is 6.79. The number of H-pyrrole nitrogens is 1. The summed E-state index contributed by atoms with van der Waals surface area (Å²) in [5.41, 5.74) is 4.54. The number of carbonyl (C=O) groups is 1. The van der Waals surface area contributed by atoms with Gasteiger partial charge in [0.25, 0.3) is 0 Å². The fourth-order valence-corrected chi connectivity index (χ4v) is 4.88. The summed E-state index contributed by atoms with van der Waals surface area (Å²) in [6.45, 7) is 6.46. The van der Waals surface area contributed by atoms with Crippen molar-refractivity contribution in [3.8, 4) is 0 Å². The lowest BCUT2D eigenvalue weighted by molar-refractivity contribution is 0.0601. The van der Waals surface area contributed by atoms with E-state index in [9.17, 15) is 4.79 Å². The highest BCUT2D eigenvalue weighted by molar-refractivity contribution is 6.12. The molecular weight excluding hydrogens is 438 g/mol. The molecule has 0 aliphatic carbocycles. The van der Waals surface area contributed by atoms with E-state index in [1.807, 2.05) is 12.1 Å². The van der Waals surface area contributed by atoms with Gasteiger partial charge in [0.2, 0.25) is 0 Å². The number of esters is 1. The summed E-state index contributed by atoms with van der Waals surface area (Å²) >= 11 is 0. The number of hydrogen-bond acceptors (Lipinski definition) is 6. The quantitative estimate of drug-likeness (QED) is 0.275. The molecule has 182 valence electrons. The predicted molar refractivity (Wildman–Crippen MR) is 140 cm³/mol. The summed E-state index contributed by atoms with van der Waals surface area (Å²) < 4.78 is 4.90. The molecular formula is C28H33N5O2. The molecule has 3 heterocycles. The van der Waals surface area contributed by atoms with Gasteiger partial charge in [-0.2, -0.15) is 0 Å². The van der Waals surface area contributed by atoms with Crippen LogP contribution in [0.5, 0.6) is 0 Å². The molecule has 2 aromatic carbocycles. The molecule has 0 saturated carbocycles. The van der Waals surface area contributed by atoms with E-state index in [0.717, 1.165) is 53.1 Å². The van der Waals surface area contributed by atoms with E-state index in [4.69, 9.17) is 14.7 Å². The number of carbonyl (C=O) groups excluding carboxylic acids is 1. The molecule has 0 radical (unpaired) electrons. The van der Waals surface area contributed by atoms with E-state index in [2.05, 4.69) is 46.4 Å². The van der Waals surface area contributed by atoms with Crippen molar-refractivity contribution in [2.24, 2.45) is 0 Å². The predicted octanol–water partition coefficient (Wildman–Crippen LogP) is 5.08. The summed E-state index contributed by atoms with van der Waals surface area (Å²) in [6, 6.07) is 14.0. The Morgan fingerprint density at radius 1 is 1.09 bits per heavy atom. The van der Waals surface area contributed by atoms with Crippen LogP contribution in [0.2, 0.25) is 0 Å². The van der Waals surface area contributed by atoms with Crippen LogP contribution in [0.15, 0.2) is 42.5 Å². The van der Waals surface area contributed by atoms with Gasteiger partial charge in [-0.1, -0.05) is 42.3 Å². The Bertz CT molecular complexity index is 1320. The average molecular weight is 472 g/mol. The Kier molecular flexibility index (Phi) is 6.95. The van der Waals surface area contributed by atoms with E-state index in [0.29, 0.717) is 12.0 Å². The molecule has 1 fully saturated rings. The number of fused-ring (bicyclic) bond motifs is 3. The molecule has 35 heavy (non-hydrogen) atoms. The second kappa shape index (κ2) is 10.4. The molecule has 1 aliphatic heterocycles. The van der Waals surface area contributed by atoms with Crippen LogP contribution in [-0.2, 0) is 11.2 Å². The molecule has 1 aliphatic rings. The highest BCUT2D eigenvalue weighted by Crippen LogP contribution is 2.31. The first-order valence-corrected chi connectivity index (χ1v) is 12.5. The molecule has 2 N–H and O–H groups in total. The lowest BCUT2D eigenvalue weighted by Crippen LogP contribution is -2.31. The monoisotopic (exact) mass is 471 g/mol. The lowest BCUT2D eigenvalue weighted by Gasteiger charge is -2.26. The van der Waals surface area contributed by atoms with Crippen LogP contribution in [0.4, 0.5) is 5.82 Å². The van der Waals surface area contributed by atoms with Crippen molar-refractivity contribution in [2.75, 3.05) is 38.6 Å². The van der Waals surface area contributed by atoms with E-state index < -0.39 is 0 Å². The van der Waals surface area contributed by atoms with Crippen LogP contribution in [0.1, 0.15) is 53.0 Å². The van der Waals surface area contributed by atoms with Gasteiger partial charge >= 0.3 is 5.97 Å². The molecule has 0 atom stereocenters. The number of nitrogens with one attached hydrogen (secondary N) is 2. The van der Waals surface area contributed by atoms with Gasteiger partial charge in [-0.05, 0) is 63.5 Å². The molecule has 7 nitrogen and oxygen atoms in total. The zero-order valence-electron chi connectivity index (χ0n) is 20.6. The van der Waals surface area contributed by atoms with Gasteiger partial charge in [0.05, 0.1) is 18.1 Å². The minimum absolute atomic E-state index is 0.354. The minimum atomic E-state index is -0.354. The fourth-order valence-electron chi connectivity index (χ4n) is 4.88. The number of hydrogen-bond donors (Lipinski definition) is 2. The third-order valence-electron chi connectivity index (χ3n) is 6.79. The van der Waals surface area contributed by atoms with Crippen LogP contribution in [0, 0.1) is 6.92 Å². The van der Waals surface area contributed by atoms with Crippen molar-refractivity contribution in [2.45, 2.75) is 39.0 Å². The average Bonchev–Trinajstić information content (AvgIpc) is 3.25. The molecule has 0 bridgehead atoms. The van der Waals surface area contributed by atoms with Gasteiger partial charge in [-0.3, -0.25) is 0 Å². The van der Waals surface area contributed by atoms with Crippen LogP contribution in [0.3, 0.4) is 0 Å². The maximum absolute atomic E-state index is 12.0. The summed E-state index contributed by atoms with van der Waals surface area (Å²) in [7, 11) is 1.40. The minimum Gasteiger partial charge on any atom is -0.465 e. The lowest BCUT2D eigenvalue weighted by atomic mass is 10.1. The van der Waals surface area contributed by atoms with Crippen LogP contribution in [-0.4, -0.2) is 59.1 Å². The summed E-state index contributed by atoms with van der Waals surface area (Å²) in [5, 5.41) is 5.55. The number of aromatic nitrogens is 3. The molecule has 0 amide bonds. The van der Waals surface area contributed by atoms with Crippen molar-refractivity contribution in [3.63, 3.8) is 0 Å². The van der Waals surface area contributed by atoms with Crippen molar-refractivity contribution >= 4 is 33.7 Å². The first kappa shape index (κ1) is 23.3. The van der Waals surface area contributed by atoms with Crippen molar-refractivity contribution in [3.05, 3.63) is 65.0 Å². The number of methoxy groups -OCH3 is 1. The Morgan fingerprint density at radius 2 is 1.89 bits per heavy atom. The number of likely N-dealkylation sites (tertiary alicyclic amines) is 1. The number of benzene rings is 2. The number of piperidine rings is 1. The van der Waals surface area contributed by atoms with Gasteiger partial charge in [-0.25, -0.2) is 14.8 Å².